The van der Waals surface area contributed by atoms with Crippen molar-refractivity contribution in [3.05, 3.63) is 0 Å². The molecule has 1 rings (SSSR count). The van der Waals surface area contributed by atoms with Gasteiger partial charge in [0.25, 0.3) is 0 Å². The van der Waals surface area contributed by atoms with Crippen LogP contribution in [0.4, 0.5) is 0 Å². The zero-order chi connectivity index (χ0) is 14.5. The van der Waals surface area contributed by atoms with Crippen molar-refractivity contribution in [2.24, 2.45) is 0 Å². The molecule has 1 heterocycles. The number of carbonyl (C=O) groups is 1. The molecule has 0 atom stereocenters. The van der Waals surface area contributed by atoms with Crippen molar-refractivity contribution >= 4 is 5.91 Å². The van der Waals surface area contributed by atoms with Gasteiger partial charge in [0, 0.05) is 38.6 Å². The number of amides is 1. The molecule has 112 valence electrons. The maximum Gasteiger partial charge on any atom is 0.219 e. The summed E-state index contributed by atoms with van der Waals surface area (Å²) in [7, 11) is 0. The van der Waals surface area contributed by atoms with E-state index >= 15 is 0 Å². The molecule has 0 unspecified atom stereocenters. The van der Waals surface area contributed by atoms with Gasteiger partial charge in [-0.3, -0.25) is 9.69 Å². The highest BCUT2D eigenvalue weighted by Gasteiger charge is 2.33. The summed E-state index contributed by atoms with van der Waals surface area (Å²) in [5.74, 6) is 0.205. The van der Waals surface area contributed by atoms with Gasteiger partial charge in [0.2, 0.25) is 5.91 Å². The quantitative estimate of drug-likeness (QED) is 0.734. The van der Waals surface area contributed by atoms with Gasteiger partial charge < -0.3 is 9.80 Å². The first kappa shape index (κ1) is 16.4. The van der Waals surface area contributed by atoms with Gasteiger partial charge in [0.1, 0.15) is 0 Å². The normalized spacial score (nSPS) is 20.0. The number of carbonyl (C=O) groups excluding carboxylic acids is 1. The van der Waals surface area contributed by atoms with Crippen LogP contribution in [-0.4, -0.2) is 72.0 Å². The molecule has 0 spiro atoms. The zero-order valence-electron chi connectivity index (χ0n) is 13.4. The molecule has 4 heteroatoms. The number of piperazine rings is 1. The second-order valence-electron chi connectivity index (χ2n) is 6.12. The lowest BCUT2D eigenvalue weighted by Gasteiger charge is -2.47. The third kappa shape index (κ3) is 4.77. The van der Waals surface area contributed by atoms with Crippen molar-refractivity contribution in [3.63, 3.8) is 0 Å². The Morgan fingerprint density at radius 1 is 1.21 bits per heavy atom. The van der Waals surface area contributed by atoms with E-state index in [0.717, 1.165) is 39.3 Å². The minimum Gasteiger partial charge on any atom is -0.340 e. The van der Waals surface area contributed by atoms with Crippen molar-refractivity contribution in [2.75, 3.05) is 45.8 Å². The van der Waals surface area contributed by atoms with E-state index in [-0.39, 0.29) is 11.4 Å². The zero-order valence-corrected chi connectivity index (χ0v) is 13.4. The minimum atomic E-state index is 0.104. The van der Waals surface area contributed by atoms with Gasteiger partial charge >= 0.3 is 0 Å². The van der Waals surface area contributed by atoms with E-state index in [9.17, 15) is 4.79 Å². The van der Waals surface area contributed by atoms with Crippen molar-refractivity contribution in [3.8, 4) is 0 Å². The average molecular weight is 269 g/mol. The van der Waals surface area contributed by atoms with Gasteiger partial charge in [-0.1, -0.05) is 13.8 Å². The van der Waals surface area contributed by atoms with E-state index < -0.39 is 0 Å². The molecule has 0 aromatic carbocycles. The van der Waals surface area contributed by atoms with E-state index in [2.05, 4.69) is 37.5 Å². The molecule has 1 aliphatic rings. The molecule has 0 aliphatic carbocycles. The summed E-state index contributed by atoms with van der Waals surface area (Å²) in [6, 6.07) is 0. The smallest absolute Gasteiger partial charge is 0.219 e. The summed E-state index contributed by atoms with van der Waals surface area (Å²) in [4.78, 5) is 18.5. The fourth-order valence-corrected chi connectivity index (χ4v) is 2.90. The van der Waals surface area contributed by atoms with Crippen LogP contribution in [-0.2, 0) is 4.79 Å². The number of rotatable bonds is 6. The molecule has 0 aromatic rings. The van der Waals surface area contributed by atoms with E-state index in [1.807, 2.05) is 4.90 Å². The van der Waals surface area contributed by atoms with Crippen LogP contribution in [0.5, 0.6) is 0 Å². The van der Waals surface area contributed by atoms with E-state index in [4.69, 9.17) is 0 Å². The Morgan fingerprint density at radius 3 is 2.32 bits per heavy atom. The van der Waals surface area contributed by atoms with Crippen LogP contribution in [0.25, 0.3) is 0 Å². The van der Waals surface area contributed by atoms with Gasteiger partial charge in [0.15, 0.2) is 0 Å². The lowest BCUT2D eigenvalue weighted by atomic mass is 9.98. The van der Waals surface area contributed by atoms with Crippen molar-refractivity contribution in [2.45, 2.75) is 46.6 Å². The second kappa shape index (κ2) is 7.25. The Bertz CT molecular complexity index is 287. The average Bonchev–Trinajstić information content (AvgIpc) is 2.35. The van der Waals surface area contributed by atoms with E-state index in [1.54, 1.807) is 6.92 Å². The predicted molar refractivity (Wildman–Crippen MR) is 80.3 cm³/mol. The van der Waals surface area contributed by atoms with Crippen LogP contribution in [0.2, 0.25) is 0 Å². The Hall–Kier alpha value is -0.610. The summed E-state index contributed by atoms with van der Waals surface area (Å²) in [5.41, 5.74) is 0.104. The molecule has 0 saturated carbocycles. The Labute approximate surface area is 118 Å². The second-order valence-corrected chi connectivity index (χ2v) is 6.12. The van der Waals surface area contributed by atoms with Crippen LogP contribution < -0.4 is 0 Å². The molecule has 4 nitrogen and oxygen atoms in total. The van der Waals surface area contributed by atoms with Crippen LogP contribution in [0.1, 0.15) is 41.0 Å². The fraction of sp³-hybridized carbons (Fsp3) is 0.933. The highest BCUT2D eigenvalue weighted by atomic mass is 16.2. The number of hydrogen-bond donors (Lipinski definition) is 0. The third-order valence-electron chi connectivity index (χ3n) is 4.32. The van der Waals surface area contributed by atoms with Gasteiger partial charge in [0.05, 0.1) is 0 Å². The van der Waals surface area contributed by atoms with Crippen LogP contribution in [0.3, 0.4) is 0 Å². The fourth-order valence-electron chi connectivity index (χ4n) is 2.90. The molecule has 0 bridgehead atoms. The topological polar surface area (TPSA) is 26.8 Å². The van der Waals surface area contributed by atoms with Crippen LogP contribution >= 0.6 is 0 Å². The van der Waals surface area contributed by atoms with Crippen molar-refractivity contribution in [1.82, 2.24) is 14.7 Å². The number of nitrogens with zero attached hydrogens (tertiary/aromatic N) is 3. The van der Waals surface area contributed by atoms with Crippen LogP contribution in [0.15, 0.2) is 0 Å². The summed E-state index contributed by atoms with van der Waals surface area (Å²) >= 11 is 0. The monoisotopic (exact) mass is 269 g/mol. The van der Waals surface area contributed by atoms with E-state index in [0.29, 0.717) is 0 Å². The lowest BCUT2D eigenvalue weighted by Crippen LogP contribution is -2.60. The Morgan fingerprint density at radius 2 is 1.84 bits per heavy atom. The first-order valence-corrected chi connectivity index (χ1v) is 7.63. The Kier molecular flexibility index (Phi) is 6.27. The van der Waals surface area contributed by atoms with Gasteiger partial charge in [-0.25, -0.2) is 0 Å². The minimum absolute atomic E-state index is 0.104. The van der Waals surface area contributed by atoms with Gasteiger partial charge in [-0.2, -0.15) is 0 Å². The van der Waals surface area contributed by atoms with E-state index in [1.165, 1.54) is 13.0 Å². The summed E-state index contributed by atoms with van der Waals surface area (Å²) in [6.45, 7) is 17.9. The maximum absolute atomic E-state index is 11.5. The molecule has 0 radical (unpaired) electrons. The lowest BCUT2D eigenvalue weighted by molar-refractivity contribution is -0.133. The third-order valence-corrected chi connectivity index (χ3v) is 4.32. The summed E-state index contributed by atoms with van der Waals surface area (Å²) < 4.78 is 0. The highest BCUT2D eigenvalue weighted by molar-refractivity contribution is 5.73. The molecule has 1 fully saturated rings. The molecule has 0 aromatic heterocycles. The molecular weight excluding hydrogens is 238 g/mol. The van der Waals surface area contributed by atoms with Crippen molar-refractivity contribution in [1.29, 1.82) is 0 Å². The van der Waals surface area contributed by atoms with Crippen LogP contribution in [0, 0.1) is 0 Å². The molecule has 1 saturated heterocycles. The first-order chi connectivity index (χ1) is 8.90. The van der Waals surface area contributed by atoms with Gasteiger partial charge in [-0.05, 0) is 39.9 Å². The predicted octanol–water partition coefficient (Wildman–Crippen LogP) is 1.66. The van der Waals surface area contributed by atoms with Gasteiger partial charge in [-0.15, -0.1) is 0 Å². The summed E-state index contributed by atoms with van der Waals surface area (Å²) in [5, 5.41) is 0. The molecular formula is C15H31N3O. The maximum atomic E-state index is 11.5. The molecule has 0 N–H and O–H groups in total. The molecule has 19 heavy (non-hydrogen) atoms. The molecule has 1 aliphatic heterocycles. The Balaban J connectivity index is 2.40. The highest BCUT2D eigenvalue weighted by Crippen LogP contribution is 2.21. The largest absolute Gasteiger partial charge is 0.340 e. The standard InChI is InChI=1S/C15H31N3O/c1-6-16(7-2)9-8-10-18-12-11-17(14(3)19)13-15(18,4)5/h6-13H2,1-5H3. The SMILES string of the molecule is CCN(CC)CCCN1CCN(C(C)=O)CC1(C)C. The summed E-state index contributed by atoms with van der Waals surface area (Å²) in [6.07, 6.45) is 1.21. The van der Waals surface area contributed by atoms with Crippen molar-refractivity contribution < 1.29 is 4.79 Å². The molecule has 1 amide bonds. The number of hydrogen-bond acceptors (Lipinski definition) is 3. The first-order valence-electron chi connectivity index (χ1n) is 7.63.